The smallest absolute Gasteiger partial charge is 0.0513 e. The van der Waals surface area contributed by atoms with Crippen molar-refractivity contribution in [2.45, 2.75) is 63.8 Å². The van der Waals surface area contributed by atoms with Gasteiger partial charge in [-0.15, -0.1) is 0 Å². The van der Waals surface area contributed by atoms with Gasteiger partial charge in [0.15, 0.2) is 0 Å². The van der Waals surface area contributed by atoms with Gasteiger partial charge in [0.2, 0.25) is 0 Å². The normalized spacial score (nSPS) is 34.2. The minimum atomic E-state index is 0.160. The molecule has 1 aliphatic carbocycles. The van der Waals surface area contributed by atoms with Gasteiger partial charge < -0.3 is 10.5 Å². The predicted octanol–water partition coefficient (Wildman–Crippen LogP) is 2.79. The molecule has 3 rings (SSSR count). The minimum absolute atomic E-state index is 0.160. The summed E-state index contributed by atoms with van der Waals surface area (Å²) in [6.07, 6.45) is 11.3. The number of nitrogens with two attached hydrogens (primary N) is 1. The molecule has 1 spiro atoms. The molecule has 20 heavy (non-hydrogen) atoms. The van der Waals surface area contributed by atoms with Crippen LogP contribution in [0.25, 0.3) is 0 Å². The van der Waals surface area contributed by atoms with Crippen molar-refractivity contribution in [1.29, 1.82) is 0 Å². The highest BCUT2D eigenvalue weighted by Gasteiger charge is 2.44. The number of nitrogens with zero attached hydrogens (tertiary/aromatic N) is 1. The van der Waals surface area contributed by atoms with E-state index in [-0.39, 0.29) is 5.54 Å². The Labute approximate surface area is 124 Å². The van der Waals surface area contributed by atoms with Gasteiger partial charge in [0.1, 0.15) is 0 Å². The molecule has 2 N–H and O–H groups in total. The van der Waals surface area contributed by atoms with Gasteiger partial charge in [-0.3, -0.25) is 4.90 Å². The predicted molar refractivity (Wildman–Crippen MR) is 82.7 cm³/mol. The Bertz CT molecular complexity index is 311. The van der Waals surface area contributed by atoms with Crippen molar-refractivity contribution in [2.24, 2.45) is 17.1 Å². The Kier molecular flexibility index (Phi) is 4.40. The highest BCUT2D eigenvalue weighted by molar-refractivity contribution is 4.99. The maximum atomic E-state index is 6.19. The Hall–Kier alpha value is -0.120. The zero-order chi connectivity index (χ0) is 14.1. The van der Waals surface area contributed by atoms with E-state index in [1.807, 2.05) is 0 Å². The third kappa shape index (κ3) is 2.65. The fraction of sp³-hybridized carbons (Fsp3) is 1.00. The van der Waals surface area contributed by atoms with Crippen LogP contribution in [-0.2, 0) is 4.74 Å². The minimum Gasteiger partial charge on any atom is -0.381 e. The summed E-state index contributed by atoms with van der Waals surface area (Å²) in [4.78, 5) is 2.70. The van der Waals surface area contributed by atoms with Gasteiger partial charge in [0.05, 0.1) is 6.61 Å². The van der Waals surface area contributed by atoms with Crippen molar-refractivity contribution in [2.75, 3.05) is 32.8 Å². The zero-order valence-corrected chi connectivity index (χ0v) is 13.2. The molecule has 1 saturated carbocycles. The second-order valence-electron chi connectivity index (χ2n) is 7.67. The lowest BCUT2D eigenvalue weighted by Crippen LogP contribution is -2.60. The summed E-state index contributed by atoms with van der Waals surface area (Å²) < 4.78 is 5.62. The van der Waals surface area contributed by atoms with Crippen molar-refractivity contribution in [3.8, 4) is 0 Å². The Balaban J connectivity index is 1.63. The Morgan fingerprint density at radius 1 is 1.15 bits per heavy atom. The number of piperidine rings is 1. The molecule has 0 aromatic heterocycles. The van der Waals surface area contributed by atoms with E-state index in [0.717, 1.165) is 19.8 Å². The lowest BCUT2D eigenvalue weighted by Gasteiger charge is -2.51. The lowest BCUT2D eigenvalue weighted by atomic mass is 9.67. The first kappa shape index (κ1) is 14.8. The summed E-state index contributed by atoms with van der Waals surface area (Å²) in [6.45, 7) is 7.50. The molecule has 3 heteroatoms. The number of hydrogen-bond donors (Lipinski definition) is 1. The molecule has 116 valence electrons. The second kappa shape index (κ2) is 5.94. The summed E-state index contributed by atoms with van der Waals surface area (Å²) in [5.41, 5.74) is 7.04. The van der Waals surface area contributed by atoms with Crippen LogP contribution in [0.3, 0.4) is 0 Å². The molecule has 0 amide bonds. The van der Waals surface area contributed by atoms with E-state index in [1.54, 1.807) is 0 Å². The molecule has 2 aliphatic heterocycles. The fourth-order valence-corrected chi connectivity index (χ4v) is 4.87. The van der Waals surface area contributed by atoms with Gasteiger partial charge >= 0.3 is 0 Å². The quantitative estimate of drug-likeness (QED) is 0.864. The van der Waals surface area contributed by atoms with Crippen LogP contribution in [0.4, 0.5) is 0 Å². The monoisotopic (exact) mass is 280 g/mol. The van der Waals surface area contributed by atoms with E-state index < -0.39 is 0 Å². The molecule has 0 bridgehead atoms. The number of likely N-dealkylation sites (tertiary alicyclic amines) is 1. The Morgan fingerprint density at radius 3 is 2.40 bits per heavy atom. The summed E-state index contributed by atoms with van der Waals surface area (Å²) in [5.74, 6) is 0.632. The molecule has 2 heterocycles. The molecular weight excluding hydrogens is 248 g/mol. The van der Waals surface area contributed by atoms with Crippen LogP contribution in [-0.4, -0.2) is 43.3 Å². The number of ether oxygens (including phenoxy) is 1. The van der Waals surface area contributed by atoms with Crippen molar-refractivity contribution in [1.82, 2.24) is 4.90 Å². The molecule has 3 aliphatic rings. The molecule has 0 aromatic rings. The fourth-order valence-electron chi connectivity index (χ4n) is 4.87. The van der Waals surface area contributed by atoms with E-state index in [4.69, 9.17) is 10.5 Å². The van der Waals surface area contributed by atoms with Crippen molar-refractivity contribution in [3.63, 3.8) is 0 Å². The molecule has 2 atom stereocenters. The molecule has 0 radical (unpaired) electrons. The van der Waals surface area contributed by atoms with E-state index >= 15 is 0 Å². The van der Waals surface area contributed by atoms with E-state index in [1.165, 1.54) is 64.5 Å². The van der Waals surface area contributed by atoms with Crippen LogP contribution in [0, 0.1) is 11.3 Å². The third-order valence-electron chi connectivity index (χ3n) is 6.68. The van der Waals surface area contributed by atoms with Crippen LogP contribution in [0.5, 0.6) is 0 Å². The first-order valence-electron chi connectivity index (χ1n) is 8.71. The lowest BCUT2D eigenvalue weighted by molar-refractivity contribution is -0.0173. The summed E-state index contributed by atoms with van der Waals surface area (Å²) >= 11 is 0. The van der Waals surface area contributed by atoms with Crippen LogP contribution >= 0.6 is 0 Å². The zero-order valence-electron chi connectivity index (χ0n) is 13.2. The number of rotatable bonds is 3. The van der Waals surface area contributed by atoms with Crippen molar-refractivity contribution in [3.05, 3.63) is 0 Å². The second-order valence-corrected chi connectivity index (χ2v) is 7.67. The molecule has 2 saturated heterocycles. The van der Waals surface area contributed by atoms with E-state index in [9.17, 15) is 0 Å². The van der Waals surface area contributed by atoms with Gasteiger partial charge in [0, 0.05) is 24.6 Å². The standard InChI is InChI=1S/C17H32N2O/c1-16(14-18,15-5-12-20-13-15)19-10-8-17(9-11-19)6-3-2-4-7-17/h15H,2-14,18H2,1H3. The molecule has 2 unspecified atom stereocenters. The highest BCUT2D eigenvalue weighted by atomic mass is 16.5. The average Bonchev–Trinajstić information content (AvgIpc) is 3.03. The average molecular weight is 280 g/mol. The van der Waals surface area contributed by atoms with Crippen LogP contribution in [0.1, 0.15) is 58.3 Å². The molecule has 3 fully saturated rings. The van der Waals surface area contributed by atoms with Gasteiger partial charge in [-0.05, 0) is 57.5 Å². The highest BCUT2D eigenvalue weighted by Crippen LogP contribution is 2.46. The topological polar surface area (TPSA) is 38.5 Å². The first-order valence-corrected chi connectivity index (χ1v) is 8.71. The summed E-state index contributed by atoms with van der Waals surface area (Å²) in [5, 5.41) is 0. The van der Waals surface area contributed by atoms with Crippen LogP contribution in [0.2, 0.25) is 0 Å². The van der Waals surface area contributed by atoms with E-state index in [0.29, 0.717) is 11.3 Å². The van der Waals surface area contributed by atoms with Gasteiger partial charge in [-0.1, -0.05) is 19.3 Å². The number of hydrogen-bond acceptors (Lipinski definition) is 3. The SMILES string of the molecule is CC(CN)(C1CCOC1)N1CCC2(CCCCC2)CC1. The maximum absolute atomic E-state index is 6.19. The van der Waals surface area contributed by atoms with Gasteiger partial charge in [0.25, 0.3) is 0 Å². The van der Waals surface area contributed by atoms with Crippen LogP contribution < -0.4 is 5.73 Å². The van der Waals surface area contributed by atoms with Crippen molar-refractivity contribution >= 4 is 0 Å². The molecule has 0 aromatic carbocycles. The molecular formula is C17H32N2O. The first-order chi connectivity index (χ1) is 9.69. The maximum Gasteiger partial charge on any atom is 0.0513 e. The van der Waals surface area contributed by atoms with Gasteiger partial charge in [-0.25, -0.2) is 0 Å². The largest absolute Gasteiger partial charge is 0.381 e. The van der Waals surface area contributed by atoms with Gasteiger partial charge in [-0.2, -0.15) is 0 Å². The van der Waals surface area contributed by atoms with E-state index in [2.05, 4.69) is 11.8 Å². The Morgan fingerprint density at radius 2 is 1.85 bits per heavy atom. The summed E-state index contributed by atoms with van der Waals surface area (Å²) in [6, 6.07) is 0. The van der Waals surface area contributed by atoms with Crippen LogP contribution in [0.15, 0.2) is 0 Å². The summed E-state index contributed by atoms with van der Waals surface area (Å²) in [7, 11) is 0. The van der Waals surface area contributed by atoms with Crippen molar-refractivity contribution < 1.29 is 4.74 Å². The third-order valence-corrected chi connectivity index (χ3v) is 6.68. The molecule has 3 nitrogen and oxygen atoms in total.